The third kappa shape index (κ3) is 5.57. The van der Waals surface area contributed by atoms with E-state index in [9.17, 15) is 4.79 Å². The fourth-order valence-corrected chi connectivity index (χ4v) is 3.10. The molecular formula is C18H26N4O. The molecular weight excluding hydrogens is 288 g/mol. The van der Waals surface area contributed by atoms with Crippen molar-refractivity contribution >= 4 is 11.7 Å². The minimum atomic E-state index is -0.178. The topological polar surface area (TPSA) is 68.2 Å². The first-order valence-corrected chi connectivity index (χ1v) is 8.47. The van der Waals surface area contributed by atoms with Crippen LogP contribution < -0.4 is 10.6 Å². The SMILES string of the molecule is CC[C@@H]1CCCCN1CCNC(=O)Nc1ccc(CC#N)cc1. The lowest BCUT2D eigenvalue weighted by Crippen LogP contribution is -2.44. The first kappa shape index (κ1) is 17.3. The van der Waals surface area contributed by atoms with E-state index in [1.165, 1.54) is 25.7 Å². The fourth-order valence-electron chi connectivity index (χ4n) is 3.10. The number of hydrogen-bond acceptors (Lipinski definition) is 3. The highest BCUT2D eigenvalue weighted by molar-refractivity contribution is 5.89. The molecule has 0 spiro atoms. The Morgan fingerprint density at radius 3 is 2.83 bits per heavy atom. The number of benzene rings is 1. The molecule has 1 atom stereocenters. The van der Waals surface area contributed by atoms with E-state index in [0.29, 0.717) is 19.0 Å². The highest BCUT2D eigenvalue weighted by Crippen LogP contribution is 2.18. The molecule has 1 aliphatic rings. The zero-order valence-electron chi connectivity index (χ0n) is 13.8. The van der Waals surface area contributed by atoms with Gasteiger partial charge in [0.1, 0.15) is 0 Å². The van der Waals surface area contributed by atoms with Crippen molar-refractivity contribution in [2.24, 2.45) is 0 Å². The van der Waals surface area contributed by atoms with Gasteiger partial charge in [-0.05, 0) is 43.5 Å². The van der Waals surface area contributed by atoms with Gasteiger partial charge in [-0.25, -0.2) is 4.79 Å². The molecule has 0 unspecified atom stereocenters. The average molecular weight is 314 g/mol. The number of carbonyl (C=O) groups excluding carboxylic acids is 1. The maximum absolute atomic E-state index is 11.9. The number of nitrogens with zero attached hydrogens (tertiary/aromatic N) is 2. The molecule has 2 rings (SSSR count). The first-order chi connectivity index (χ1) is 11.2. The summed E-state index contributed by atoms with van der Waals surface area (Å²) in [6.07, 6.45) is 5.43. The Hall–Kier alpha value is -2.06. The van der Waals surface area contributed by atoms with Gasteiger partial charge in [0.05, 0.1) is 12.5 Å². The Kier molecular flexibility index (Phi) is 6.89. The predicted molar refractivity (Wildman–Crippen MR) is 92.3 cm³/mol. The van der Waals surface area contributed by atoms with Gasteiger partial charge in [-0.3, -0.25) is 4.90 Å². The summed E-state index contributed by atoms with van der Waals surface area (Å²) in [7, 11) is 0. The predicted octanol–water partition coefficient (Wildman–Crippen LogP) is 3.14. The molecule has 1 aliphatic heterocycles. The third-order valence-electron chi connectivity index (χ3n) is 4.40. The maximum Gasteiger partial charge on any atom is 0.319 e. The monoisotopic (exact) mass is 314 g/mol. The Labute approximate surface area is 138 Å². The van der Waals surface area contributed by atoms with Gasteiger partial charge in [-0.15, -0.1) is 0 Å². The molecule has 0 aromatic heterocycles. The number of piperidine rings is 1. The number of rotatable bonds is 6. The van der Waals surface area contributed by atoms with Crippen LogP contribution in [0.2, 0.25) is 0 Å². The number of carbonyl (C=O) groups is 1. The Balaban J connectivity index is 1.71. The van der Waals surface area contributed by atoms with Crippen LogP contribution in [0.5, 0.6) is 0 Å². The van der Waals surface area contributed by atoms with E-state index in [1.807, 2.05) is 24.3 Å². The van der Waals surface area contributed by atoms with Crippen molar-refractivity contribution in [1.29, 1.82) is 5.26 Å². The second-order valence-electron chi connectivity index (χ2n) is 6.01. The van der Waals surface area contributed by atoms with Crippen LogP contribution in [0.15, 0.2) is 24.3 Å². The van der Waals surface area contributed by atoms with Gasteiger partial charge in [0.25, 0.3) is 0 Å². The number of nitrogens with one attached hydrogen (secondary N) is 2. The number of nitriles is 1. The molecule has 0 radical (unpaired) electrons. The summed E-state index contributed by atoms with van der Waals surface area (Å²) in [4.78, 5) is 14.4. The van der Waals surface area contributed by atoms with Crippen LogP contribution in [-0.4, -0.2) is 36.6 Å². The molecule has 1 aromatic rings. The molecule has 5 nitrogen and oxygen atoms in total. The molecule has 1 aromatic carbocycles. The number of urea groups is 1. The highest BCUT2D eigenvalue weighted by atomic mass is 16.2. The molecule has 0 bridgehead atoms. The highest BCUT2D eigenvalue weighted by Gasteiger charge is 2.20. The van der Waals surface area contributed by atoms with Crippen LogP contribution in [0.25, 0.3) is 0 Å². The van der Waals surface area contributed by atoms with Crippen LogP contribution in [0.3, 0.4) is 0 Å². The van der Waals surface area contributed by atoms with Crippen molar-refractivity contribution in [3.63, 3.8) is 0 Å². The van der Waals surface area contributed by atoms with Crippen molar-refractivity contribution in [2.45, 2.75) is 45.1 Å². The minimum absolute atomic E-state index is 0.178. The summed E-state index contributed by atoms with van der Waals surface area (Å²) in [5.41, 5.74) is 1.70. The summed E-state index contributed by atoms with van der Waals surface area (Å²) < 4.78 is 0. The van der Waals surface area contributed by atoms with E-state index >= 15 is 0 Å². The van der Waals surface area contributed by atoms with Crippen molar-refractivity contribution in [3.05, 3.63) is 29.8 Å². The third-order valence-corrected chi connectivity index (χ3v) is 4.40. The van der Waals surface area contributed by atoms with Crippen molar-refractivity contribution < 1.29 is 4.79 Å². The zero-order valence-corrected chi connectivity index (χ0v) is 13.8. The van der Waals surface area contributed by atoms with Gasteiger partial charge in [-0.1, -0.05) is 25.5 Å². The standard InChI is InChI=1S/C18H26N4O/c1-2-17-5-3-4-13-22(17)14-12-20-18(23)21-16-8-6-15(7-9-16)10-11-19/h6-9,17H,2-5,10,12-14H2,1H3,(H2,20,21,23)/t17-/m1/s1. The van der Waals surface area contributed by atoms with Crippen LogP contribution in [-0.2, 0) is 6.42 Å². The number of hydrogen-bond donors (Lipinski definition) is 2. The smallest absolute Gasteiger partial charge is 0.319 e. The fraction of sp³-hybridized carbons (Fsp3) is 0.556. The number of amides is 2. The van der Waals surface area contributed by atoms with Crippen molar-refractivity contribution in [1.82, 2.24) is 10.2 Å². The zero-order chi connectivity index (χ0) is 16.5. The molecule has 124 valence electrons. The Morgan fingerprint density at radius 2 is 2.13 bits per heavy atom. The Bertz CT molecular complexity index is 535. The normalized spacial score (nSPS) is 18.2. The lowest BCUT2D eigenvalue weighted by atomic mass is 10.0. The van der Waals surface area contributed by atoms with E-state index < -0.39 is 0 Å². The average Bonchev–Trinajstić information content (AvgIpc) is 2.57. The van der Waals surface area contributed by atoms with Crippen molar-refractivity contribution in [2.75, 3.05) is 25.0 Å². The minimum Gasteiger partial charge on any atom is -0.337 e. The summed E-state index contributed by atoms with van der Waals surface area (Å²) in [5.74, 6) is 0. The lowest BCUT2D eigenvalue weighted by Gasteiger charge is -2.35. The van der Waals surface area contributed by atoms with E-state index in [0.717, 1.165) is 24.3 Å². The van der Waals surface area contributed by atoms with Crippen LogP contribution in [0.4, 0.5) is 10.5 Å². The molecule has 0 saturated carbocycles. The molecule has 1 heterocycles. The van der Waals surface area contributed by atoms with Crippen LogP contribution in [0.1, 0.15) is 38.2 Å². The molecule has 2 N–H and O–H groups in total. The van der Waals surface area contributed by atoms with E-state index in [1.54, 1.807) is 0 Å². The van der Waals surface area contributed by atoms with Gasteiger partial charge >= 0.3 is 6.03 Å². The molecule has 23 heavy (non-hydrogen) atoms. The molecule has 1 saturated heterocycles. The second kappa shape index (κ2) is 9.16. The second-order valence-corrected chi connectivity index (χ2v) is 6.01. The van der Waals surface area contributed by atoms with Gasteiger partial charge in [0.15, 0.2) is 0 Å². The summed E-state index contributed by atoms with van der Waals surface area (Å²) in [5, 5.41) is 14.4. The summed E-state index contributed by atoms with van der Waals surface area (Å²) >= 11 is 0. The Morgan fingerprint density at radius 1 is 1.35 bits per heavy atom. The number of likely N-dealkylation sites (tertiary alicyclic amines) is 1. The van der Waals surface area contributed by atoms with E-state index in [4.69, 9.17) is 5.26 Å². The van der Waals surface area contributed by atoms with Gasteiger partial charge < -0.3 is 10.6 Å². The first-order valence-electron chi connectivity index (χ1n) is 8.47. The van der Waals surface area contributed by atoms with Crippen LogP contribution >= 0.6 is 0 Å². The van der Waals surface area contributed by atoms with E-state index in [-0.39, 0.29) is 6.03 Å². The number of anilines is 1. The maximum atomic E-state index is 11.9. The lowest BCUT2D eigenvalue weighted by molar-refractivity contribution is 0.145. The quantitative estimate of drug-likeness (QED) is 0.847. The largest absolute Gasteiger partial charge is 0.337 e. The molecule has 1 fully saturated rings. The molecule has 2 amide bonds. The van der Waals surface area contributed by atoms with Crippen molar-refractivity contribution in [3.8, 4) is 6.07 Å². The molecule has 5 heteroatoms. The van der Waals surface area contributed by atoms with Gasteiger partial charge in [0.2, 0.25) is 0 Å². The summed E-state index contributed by atoms with van der Waals surface area (Å²) in [6, 6.07) is 9.96. The van der Waals surface area contributed by atoms with Gasteiger partial charge in [0, 0.05) is 24.8 Å². The van der Waals surface area contributed by atoms with Crippen LogP contribution in [0, 0.1) is 11.3 Å². The molecule has 0 aliphatic carbocycles. The van der Waals surface area contributed by atoms with E-state index in [2.05, 4.69) is 28.5 Å². The summed E-state index contributed by atoms with van der Waals surface area (Å²) in [6.45, 7) is 4.95. The van der Waals surface area contributed by atoms with Gasteiger partial charge in [-0.2, -0.15) is 5.26 Å².